The molecule has 3 heterocycles. The van der Waals surface area contributed by atoms with Crippen LogP contribution in [0, 0.1) is 0 Å². The number of rotatable bonds is 8. The van der Waals surface area contributed by atoms with Crippen molar-refractivity contribution in [3.63, 3.8) is 0 Å². The van der Waals surface area contributed by atoms with E-state index in [1.807, 2.05) is 41.3 Å². The molecule has 180 valence electrons. The minimum Gasteiger partial charge on any atom is -0.454 e. The first-order chi connectivity index (χ1) is 16.6. The van der Waals surface area contributed by atoms with Gasteiger partial charge in [0.05, 0.1) is 12.7 Å². The molecule has 0 bridgehead atoms. The summed E-state index contributed by atoms with van der Waals surface area (Å²) in [4.78, 5) is 27.2. The maximum atomic E-state index is 13.1. The van der Waals surface area contributed by atoms with Crippen molar-refractivity contribution in [2.75, 3.05) is 19.9 Å². The Morgan fingerprint density at radius 2 is 1.97 bits per heavy atom. The van der Waals surface area contributed by atoms with Gasteiger partial charge < -0.3 is 24.4 Å². The van der Waals surface area contributed by atoms with Crippen LogP contribution in [0.15, 0.2) is 48.5 Å². The number of likely N-dealkylation sites (tertiary alicyclic amines) is 1. The molecule has 0 unspecified atom stereocenters. The van der Waals surface area contributed by atoms with Crippen molar-refractivity contribution in [1.82, 2.24) is 10.2 Å². The van der Waals surface area contributed by atoms with Gasteiger partial charge in [0.1, 0.15) is 0 Å². The van der Waals surface area contributed by atoms with Crippen molar-refractivity contribution in [1.29, 1.82) is 0 Å². The summed E-state index contributed by atoms with van der Waals surface area (Å²) in [5, 5.41) is 3.18. The molecular weight excluding hydrogens is 432 g/mol. The van der Waals surface area contributed by atoms with Crippen molar-refractivity contribution in [2.24, 2.45) is 0 Å². The normalized spacial score (nSPS) is 23.7. The van der Waals surface area contributed by atoms with Crippen LogP contribution in [-0.4, -0.2) is 48.2 Å². The van der Waals surface area contributed by atoms with Crippen molar-refractivity contribution >= 4 is 11.8 Å². The van der Waals surface area contributed by atoms with E-state index in [-0.39, 0.29) is 24.7 Å². The Labute approximate surface area is 200 Å². The number of nitrogens with one attached hydrogen (secondary N) is 1. The van der Waals surface area contributed by atoms with Gasteiger partial charge in [-0.25, -0.2) is 0 Å². The molecule has 2 fully saturated rings. The lowest BCUT2D eigenvalue weighted by molar-refractivity contribution is -0.136. The fraction of sp³-hybridized carbons (Fsp3) is 0.481. The van der Waals surface area contributed by atoms with Crippen LogP contribution in [0.5, 0.6) is 11.5 Å². The van der Waals surface area contributed by atoms with Gasteiger partial charge in [0, 0.05) is 31.5 Å². The summed E-state index contributed by atoms with van der Waals surface area (Å²) in [6.07, 6.45) is 4.92. The smallest absolute Gasteiger partial charge is 0.231 e. The quantitative estimate of drug-likeness (QED) is 0.646. The number of benzene rings is 2. The number of hydrogen-bond acceptors (Lipinski definition) is 5. The molecule has 5 rings (SSSR count). The zero-order chi connectivity index (χ0) is 23.4. The summed E-state index contributed by atoms with van der Waals surface area (Å²) in [7, 11) is 0. The number of carbonyl (C=O) groups is 2. The Morgan fingerprint density at radius 1 is 1.12 bits per heavy atom. The Balaban J connectivity index is 1.17. The Morgan fingerprint density at radius 3 is 2.79 bits per heavy atom. The molecule has 34 heavy (non-hydrogen) atoms. The third-order valence-electron chi connectivity index (χ3n) is 7.09. The highest BCUT2D eigenvalue weighted by atomic mass is 16.7. The second-order valence-electron chi connectivity index (χ2n) is 9.59. The van der Waals surface area contributed by atoms with E-state index in [0.717, 1.165) is 48.4 Å². The van der Waals surface area contributed by atoms with Crippen molar-refractivity contribution in [3.8, 4) is 11.5 Å². The Bertz CT molecular complexity index is 1030. The van der Waals surface area contributed by atoms with Crippen LogP contribution >= 0.6 is 0 Å². The molecule has 0 saturated carbocycles. The average Bonchev–Trinajstić information content (AvgIpc) is 3.48. The molecule has 7 heteroatoms. The second-order valence-corrected chi connectivity index (χ2v) is 9.59. The van der Waals surface area contributed by atoms with Crippen LogP contribution in [-0.2, 0) is 27.4 Å². The van der Waals surface area contributed by atoms with Crippen molar-refractivity contribution < 1.29 is 23.8 Å². The van der Waals surface area contributed by atoms with Gasteiger partial charge in [-0.15, -0.1) is 0 Å². The van der Waals surface area contributed by atoms with E-state index in [4.69, 9.17) is 14.2 Å². The topological polar surface area (TPSA) is 77.1 Å². The van der Waals surface area contributed by atoms with Crippen molar-refractivity contribution in [3.05, 3.63) is 59.7 Å². The van der Waals surface area contributed by atoms with Gasteiger partial charge in [-0.1, -0.05) is 36.4 Å². The number of ether oxygens (including phenoxy) is 3. The highest BCUT2D eigenvalue weighted by Crippen LogP contribution is 2.36. The number of fused-ring (bicyclic) bond motifs is 1. The maximum Gasteiger partial charge on any atom is 0.231 e. The lowest BCUT2D eigenvalue weighted by Crippen LogP contribution is -2.46. The van der Waals surface area contributed by atoms with Gasteiger partial charge in [0.25, 0.3) is 0 Å². The van der Waals surface area contributed by atoms with Gasteiger partial charge >= 0.3 is 0 Å². The van der Waals surface area contributed by atoms with E-state index < -0.39 is 5.54 Å². The van der Waals surface area contributed by atoms with E-state index in [9.17, 15) is 9.59 Å². The molecule has 2 saturated heterocycles. The summed E-state index contributed by atoms with van der Waals surface area (Å²) in [6, 6.07) is 16.0. The third kappa shape index (κ3) is 5.36. The number of hydrogen-bond donors (Lipinski definition) is 1. The first kappa shape index (κ1) is 22.7. The summed E-state index contributed by atoms with van der Waals surface area (Å²) >= 11 is 0. The SMILES string of the molecule is O=C1CC[C@@](CCC(=O)N2CCC[C@H](OCc3ccccc3)C2)(Cc2ccc3c(c2)OCO3)N1. The lowest BCUT2D eigenvalue weighted by Gasteiger charge is -2.34. The highest BCUT2D eigenvalue weighted by Gasteiger charge is 2.39. The number of amides is 2. The molecule has 3 aliphatic rings. The molecule has 2 atom stereocenters. The standard InChI is InChI=1S/C27H32N2O5/c30-25-10-12-27(28-25,16-21-8-9-23-24(15-21)34-19-33-23)13-11-26(31)29-14-4-7-22(17-29)32-18-20-5-2-1-3-6-20/h1-3,5-6,8-9,15,22H,4,7,10-14,16-19H2,(H,28,30)/t22-,27+/m0/s1. The van der Waals surface area contributed by atoms with E-state index in [1.165, 1.54) is 0 Å². The molecule has 0 aromatic heterocycles. The molecular formula is C27H32N2O5. The van der Waals surface area contributed by atoms with Gasteiger partial charge in [-0.05, 0) is 55.4 Å². The first-order valence-corrected chi connectivity index (χ1v) is 12.2. The van der Waals surface area contributed by atoms with Crippen LogP contribution in [0.25, 0.3) is 0 Å². The van der Waals surface area contributed by atoms with Gasteiger partial charge in [-0.3, -0.25) is 9.59 Å². The van der Waals surface area contributed by atoms with Crippen LogP contribution in [0.2, 0.25) is 0 Å². The summed E-state index contributed by atoms with van der Waals surface area (Å²) in [6.45, 7) is 2.21. The molecule has 2 aromatic carbocycles. The summed E-state index contributed by atoms with van der Waals surface area (Å²) in [5.74, 6) is 1.68. The Hall–Kier alpha value is -3.06. The fourth-order valence-electron chi connectivity index (χ4n) is 5.22. The monoisotopic (exact) mass is 464 g/mol. The molecule has 0 spiro atoms. The lowest BCUT2D eigenvalue weighted by atomic mass is 9.84. The van der Waals surface area contributed by atoms with Gasteiger partial charge in [0.15, 0.2) is 11.5 Å². The molecule has 2 amide bonds. The molecule has 0 aliphatic carbocycles. The van der Waals surface area contributed by atoms with Crippen LogP contribution in [0.3, 0.4) is 0 Å². The highest BCUT2D eigenvalue weighted by molar-refractivity contribution is 5.80. The van der Waals surface area contributed by atoms with Crippen LogP contribution in [0.1, 0.15) is 49.7 Å². The molecule has 1 N–H and O–H groups in total. The number of carbonyl (C=O) groups excluding carboxylic acids is 2. The van der Waals surface area contributed by atoms with E-state index >= 15 is 0 Å². The third-order valence-corrected chi connectivity index (χ3v) is 7.09. The van der Waals surface area contributed by atoms with E-state index in [2.05, 4.69) is 17.4 Å². The van der Waals surface area contributed by atoms with Gasteiger partial charge in [-0.2, -0.15) is 0 Å². The zero-order valence-electron chi connectivity index (χ0n) is 19.5. The van der Waals surface area contributed by atoms with E-state index in [1.54, 1.807) is 0 Å². The Kier molecular flexibility index (Phi) is 6.72. The molecule has 2 aromatic rings. The van der Waals surface area contributed by atoms with Gasteiger partial charge in [0.2, 0.25) is 18.6 Å². The molecule has 0 radical (unpaired) electrons. The first-order valence-electron chi connectivity index (χ1n) is 12.2. The van der Waals surface area contributed by atoms with E-state index in [0.29, 0.717) is 38.8 Å². The minimum absolute atomic E-state index is 0.0561. The molecule has 3 aliphatic heterocycles. The van der Waals surface area contributed by atoms with Crippen LogP contribution < -0.4 is 14.8 Å². The zero-order valence-corrected chi connectivity index (χ0v) is 19.5. The number of piperidine rings is 1. The molecule has 7 nitrogen and oxygen atoms in total. The average molecular weight is 465 g/mol. The predicted octanol–water partition coefficient (Wildman–Crippen LogP) is 3.59. The maximum absolute atomic E-state index is 13.1. The predicted molar refractivity (Wildman–Crippen MR) is 126 cm³/mol. The summed E-state index contributed by atoms with van der Waals surface area (Å²) < 4.78 is 17.0. The fourth-order valence-corrected chi connectivity index (χ4v) is 5.22. The van der Waals surface area contributed by atoms with Crippen molar-refractivity contribution in [2.45, 2.75) is 63.2 Å². The van der Waals surface area contributed by atoms with Crippen LogP contribution in [0.4, 0.5) is 0 Å². The summed E-state index contributed by atoms with van der Waals surface area (Å²) in [5.41, 5.74) is 1.82. The largest absolute Gasteiger partial charge is 0.454 e. The minimum atomic E-state index is -0.403. The number of nitrogens with zero attached hydrogens (tertiary/aromatic N) is 1. The second kappa shape index (κ2) is 10.1.